The van der Waals surface area contributed by atoms with Crippen LogP contribution in [0, 0.1) is 5.41 Å². The SMILES string of the molecule is CC(C)(C)CCNCCN1CCSC(C)(C)CC1. The lowest BCUT2D eigenvalue weighted by Gasteiger charge is -2.23. The predicted octanol–water partition coefficient (Wildman–Crippen LogP) is 3.23. The molecule has 0 radical (unpaired) electrons. The highest BCUT2D eigenvalue weighted by atomic mass is 32.2. The summed E-state index contributed by atoms with van der Waals surface area (Å²) >= 11 is 2.13. The Kier molecular flexibility index (Phi) is 6.49. The van der Waals surface area contributed by atoms with E-state index in [0.29, 0.717) is 10.2 Å². The van der Waals surface area contributed by atoms with Gasteiger partial charge >= 0.3 is 0 Å². The van der Waals surface area contributed by atoms with Gasteiger partial charge in [-0.25, -0.2) is 0 Å². The topological polar surface area (TPSA) is 15.3 Å². The Bertz CT molecular complexity index is 233. The molecule has 0 aromatic rings. The molecule has 1 aliphatic heterocycles. The Morgan fingerprint density at radius 2 is 1.89 bits per heavy atom. The minimum atomic E-state index is 0.455. The van der Waals surface area contributed by atoms with Crippen LogP contribution >= 0.6 is 11.8 Å². The molecular formula is C15H32N2S. The first-order valence-corrected chi connectivity index (χ1v) is 8.34. The van der Waals surface area contributed by atoms with Gasteiger partial charge in [-0.1, -0.05) is 34.6 Å². The lowest BCUT2D eigenvalue weighted by molar-refractivity contribution is 0.279. The molecule has 0 aliphatic carbocycles. The van der Waals surface area contributed by atoms with Crippen LogP contribution in [0.3, 0.4) is 0 Å². The number of thioether (sulfide) groups is 1. The van der Waals surface area contributed by atoms with E-state index in [0.717, 1.165) is 13.1 Å². The standard InChI is InChI=1S/C15H32N2S/c1-14(2,3)6-8-16-9-11-17-10-7-15(4,5)18-13-12-17/h16H,6-13H2,1-5H3. The number of nitrogens with one attached hydrogen (secondary N) is 1. The van der Waals surface area contributed by atoms with E-state index in [-0.39, 0.29) is 0 Å². The van der Waals surface area contributed by atoms with Gasteiger partial charge in [0, 0.05) is 30.1 Å². The molecule has 1 fully saturated rings. The number of hydrogen-bond acceptors (Lipinski definition) is 3. The molecule has 0 aromatic carbocycles. The first-order chi connectivity index (χ1) is 8.29. The van der Waals surface area contributed by atoms with Crippen LogP contribution in [0.5, 0.6) is 0 Å². The molecule has 18 heavy (non-hydrogen) atoms. The van der Waals surface area contributed by atoms with Crippen LogP contribution in [-0.2, 0) is 0 Å². The maximum Gasteiger partial charge on any atom is 0.0116 e. The molecule has 1 N–H and O–H groups in total. The van der Waals surface area contributed by atoms with Crippen LogP contribution in [0.4, 0.5) is 0 Å². The fraction of sp³-hybridized carbons (Fsp3) is 1.00. The first kappa shape index (κ1) is 16.3. The third kappa shape index (κ3) is 7.65. The Labute approximate surface area is 118 Å². The van der Waals surface area contributed by atoms with Gasteiger partial charge < -0.3 is 10.2 Å². The molecule has 1 aliphatic rings. The fourth-order valence-corrected chi connectivity index (χ4v) is 3.25. The lowest BCUT2D eigenvalue weighted by atomic mass is 9.92. The monoisotopic (exact) mass is 272 g/mol. The quantitative estimate of drug-likeness (QED) is 0.774. The average molecular weight is 273 g/mol. The highest BCUT2D eigenvalue weighted by molar-refractivity contribution is 8.00. The van der Waals surface area contributed by atoms with Crippen molar-refractivity contribution >= 4 is 11.8 Å². The van der Waals surface area contributed by atoms with Gasteiger partial charge in [-0.05, 0) is 31.3 Å². The fourth-order valence-electron chi connectivity index (χ4n) is 2.11. The molecule has 0 bridgehead atoms. The third-order valence-corrected chi connectivity index (χ3v) is 4.96. The second-order valence-electron chi connectivity index (χ2n) is 7.26. The van der Waals surface area contributed by atoms with E-state index in [1.54, 1.807) is 0 Å². The second kappa shape index (κ2) is 7.16. The summed E-state index contributed by atoms with van der Waals surface area (Å²) in [6.45, 7) is 17.7. The largest absolute Gasteiger partial charge is 0.315 e. The molecule has 0 amide bonds. The Morgan fingerprint density at radius 1 is 1.17 bits per heavy atom. The maximum atomic E-state index is 3.58. The Hall–Kier alpha value is 0.270. The van der Waals surface area contributed by atoms with Crippen molar-refractivity contribution in [3.05, 3.63) is 0 Å². The Morgan fingerprint density at radius 3 is 2.56 bits per heavy atom. The van der Waals surface area contributed by atoms with E-state index < -0.39 is 0 Å². The summed E-state index contributed by atoms with van der Waals surface area (Å²) in [5.41, 5.74) is 0.455. The molecular weight excluding hydrogens is 240 g/mol. The minimum Gasteiger partial charge on any atom is -0.315 e. The zero-order valence-electron chi connectivity index (χ0n) is 13.0. The minimum absolute atomic E-state index is 0.455. The highest BCUT2D eigenvalue weighted by Gasteiger charge is 2.23. The van der Waals surface area contributed by atoms with Gasteiger partial charge in [-0.3, -0.25) is 0 Å². The highest BCUT2D eigenvalue weighted by Crippen LogP contribution is 2.30. The molecule has 1 rings (SSSR count). The normalized spacial score (nSPS) is 21.8. The van der Waals surface area contributed by atoms with Crippen LogP contribution in [0.15, 0.2) is 0 Å². The summed E-state index contributed by atoms with van der Waals surface area (Å²) in [6, 6.07) is 0. The summed E-state index contributed by atoms with van der Waals surface area (Å²) in [5, 5.41) is 3.58. The van der Waals surface area contributed by atoms with Crippen LogP contribution in [-0.4, -0.2) is 48.1 Å². The summed E-state index contributed by atoms with van der Waals surface area (Å²) in [6.07, 6.45) is 2.58. The molecule has 108 valence electrons. The third-order valence-electron chi connectivity index (χ3n) is 3.59. The molecule has 0 unspecified atom stereocenters. The van der Waals surface area contributed by atoms with E-state index in [1.165, 1.54) is 38.2 Å². The second-order valence-corrected chi connectivity index (χ2v) is 9.06. The Balaban J connectivity index is 2.09. The van der Waals surface area contributed by atoms with E-state index in [4.69, 9.17) is 0 Å². The molecule has 2 nitrogen and oxygen atoms in total. The van der Waals surface area contributed by atoms with Gasteiger partial charge in [0.15, 0.2) is 0 Å². The summed E-state index contributed by atoms with van der Waals surface area (Å²) < 4.78 is 0.481. The van der Waals surface area contributed by atoms with Gasteiger partial charge in [0.1, 0.15) is 0 Å². The van der Waals surface area contributed by atoms with Crippen molar-refractivity contribution in [1.29, 1.82) is 0 Å². The van der Waals surface area contributed by atoms with Crippen molar-refractivity contribution in [2.45, 2.75) is 52.2 Å². The molecule has 1 saturated heterocycles. The molecule has 0 saturated carbocycles. The zero-order valence-corrected chi connectivity index (χ0v) is 13.8. The van der Waals surface area contributed by atoms with E-state index in [2.05, 4.69) is 56.6 Å². The van der Waals surface area contributed by atoms with Crippen LogP contribution in [0.25, 0.3) is 0 Å². The first-order valence-electron chi connectivity index (χ1n) is 7.36. The van der Waals surface area contributed by atoms with Crippen LogP contribution in [0.1, 0.15) is 47.5 Å². The molecule has 0 spiro atoms. The summed E-state index contributed by atoms with van der Waals surface area (Å²) in [4.78, 5) is 2.62. The summed E-state index contributed by atoms with van der Waals surface area (Å²) in [7, 11) is 0. The smallest absolute Gasteiger partial charge is 0.0116 e. The molecule has 0 aromatic heterocycles. The lowest BCUT2D eigenvalue weighted by Crippen LogP contribution is -2.35. The van der Waals surface area contributed by atoms with Gasteiger partial charge in [-0.15, -0.1) is 0 Å². The van der Waals surface area contributed by atoms with E-state index in [1.807, 2.05) is 0 Å². The van der Waals surface area contributed by atoms with Crippen molar-refractivity contribution in [3.8, 4) is 0 Å². The van der Waals surface area contributed by atoms with Crippen molar-refractivity contribution in [1.82, 2.24) is 10.2 Å². The number of rotatable bonds is 5. The van der Waals surface area contributed by atoms with Crippen LogP contribution in [0.2, 0.25) is 0 Å². The predicted molar refractivity (Wildman–Crippen MR) is 84.5 cm³/mol. The van der Waals surface area contributed by atoms with Crippen molar-refractivity contribution < 1.29 is 0 Å². The van der Waals surface area contributed by atoms with Crippen molar-refractivity contribution in [2.75, 3.05) is 38.5 Å². The van der Waals surface area contributed by atoms with Crippen molar-refractivity contribution in [2.24, 2.45) is 5.41 Å². The van der Waals surface area contributed by atoms with Gasteiger partial charge in [0.2, 0.25) is 0 Å². The maximum absolute atomic E-state index is 3.58. The van der Waals surface area contributed by atoms with Crippen molar-refractivity contribution in [3.63, 3.8) is 0 Å². The van der Waals surface area contributed by atoms with Gasteiger partial charge in [-0.2, -0.15) is 11.8 Å². The molecule has 0 atom stereocenters. The summed E-state index contributed by atoms with van der Waals surface area (Å²) in [5.74, 6) is 1.29. The molecule has 1 heterocycles. The number of nitrogens with zero attached hydrogens (tertiary/aromatic N) is 1. The zero-order chi connectivity index (χ0) is 13.6. The number of hydrogen-bond donors (Lipinski definition) is 1. The van der Waals surface area contributed by atoms with E-state index >= 15 is 0 Å². The van der Waals surface area contributed by atoms with Gasteiger partial charge in [0.05, 0.1) is 0 Å². The van der Waals surface area contributed by atoms with E-state index in [9.17, 15) is 0 Å². The van der Waals surface area contributed by atoms with Crippen LogP contribution < -0.4 is 5.32 Å². The average Bonchev–Trinajstić information content (AvgIpc) is 2.38. The molecule has 3 heteroatoms. The van der Waals surface area contributed by atoms with Gasteiger partial charge in [0.25, 0.3) is 0 Å².